The van der Waals surface area contributed by atoms with Crippen molar-refractivity contribution >= 4 is 5.91 Å². The Balaban J connectivity index is 1.85. The van der Waals surface area contributed by atoms with Gasteiger partial charge in [-0.15, -0.1) is 0 Å². The molecule has 6 nitrogen and oxygen atoms in total. The van der Waals surface area contributed by atoms with Crippen molar-refractivity contribution in [2.24, 2.45) is 11.1 Å². The Morgan fingerprint density at radius 1 is 1.14 bits per heavy atom. The lowest BCUT2D eigenvalue weighted by Gasteiger charge is -2.41. The molecule has 3 N–H and O–H groups in total. The van der Waals surface area contributed by atoms with E-state index in [1.165, 1.54) is 24.7 Å². The number of rotatable bonds is 9. The van der Waals surface area contributed by atoms with E-state index in [-0.39, 0.29) is 24.4 Å². The van der Waals surface area contributed by atoms with E-state index < -0.39 is 35.1 Å². The Labute approximate surface area is 211 Å². The van der Waals surface area contributed by atoms with E-state index in [2.05, 4.69) is 54.8 Å². The summed E-state index contributed by atoms with van der Waals surface area (Å²) in [6, 6.07) is 11.2. The van der Waals surface area contributed by atoms with Gasteiger partial charge in [0, 0.05) is 25.2 Å². The Morgan fingerprint density at radius 2 is 1.78 bits per heavy atom. The number of amides is 1. The van der Waals surface area contributed by atoms with Gasteiger partial charge < -0.3 is 15.7 Å². The van der Waals surface area contributed by atoms with Crippen LogP contribution < -0.4 is 10.6 Å². The summed E-state index contributed by atoms with van der Waals surface area (Å²) in [5, 5.41) is 20.4. The molecule has 0 bridgehead atoms. The number of hydrogen-bond acceptors (Lipinski definition) is 5. The summed E-state index contributed by atoms with van der Waals surface area (Å²) in [5.41, 5.74) is 1.99. The number of hydrogen-bond donors (Lipinski definition) is 3. The molecule has 1 fully saturated rings. The lowest BCUT2D eigenvalue weighted by Crippen LogP contribution is -2.51. The summed E-state index contributed by atoms with van der Waals surface area (Å²) < 4.78 is 27.4. The highest BCUT2D eigenvalue weighted by Crippen LogP contribution is 2.39. The average Bonchev–Trinajstić information content (AvgIpc) is 2.84. The van der Waals surface area contributed by atoms with Crippen LogP contribution in [0.25, 0.3) is 0 Å². The topological polar surface area (TPSA) is 90.8 Å². The van der Waals surface area contributed by atoms with Crippen molar-refractivity contribution in [2.45, 2.75) is 76.0 Å². The lowest BCUT2D eigenvalue weighted by atomic mass is 9.73. The summed E-state index contributed by atoms with van der Waals surface area (Å²) in [7, 11) is 1.47. The van der Waals surface area contributed by atoms with Crippen molar-refractivity contribution in [1.29, 1.82) is 0 Å². The molecular formula is C28H37F2N3O3. The Bertz CT molecular complexity index is 1040. The zero-order chi connectivity index (χ0) is 26.5. The van der Waals surface area contributed by atoms with Crippen LogP contribution in [0.4, 0.5) is 8.78 Å². The molecule has 1 aliphatic carbocycles. The Kier molecular flexibility index (Phi) is 8.95. The molecule has 2 unspecified atom stereocenters. The molecule has 1 saturated carbocycles. The minimum atomic E-state index is -1.11. The van der Waals surface area contributed by atoms with Crippen LogP contribution in [0.5, 0.6) is 0 Å². The van der Waals surface area contributed by atoms with Crippen molar-refractivity contribution in [1.82, 2.24) is 10.6 Å². The van der Waals surface area contributed by atoms with Gasteiger partial charge in [-0.25, -0.2) is 8.78 Å². The molecule has 0 spiro atoms. The van der Waals surface area contributed by atoms with Gasteiger partial charge in [0.2, 0.25) is 5.91 Å². The third-order valence-electron chi connectivity index (χ3n) is 7.31. The monoisotopic (exact) mass is 501 g/mol. The molecular weight excluding hydrogens is 464 g/mol. The van der Waals surface area contributed by atoms with Crippen LogP contribution in [0.3, 0.4) is 0 Å². The normalized spacial score (nSPS) is 22.0. The van der Waals surface area contributed by atoms with E-state index in [9.17, 15) is 23.6 Å². The van der Waals surface area contributed by atoms with Crippen molar-refractivity contribution in [3.8, 4) is 0 Å². The minimum absolute atomic E-state index is 0.0131. The standard InChI is InChI=1S/C28H37F2N3O3/c1-27(2,3)19-6-5-7-20(15-19)28(10-8-23(33-36)9-11-28)32-17-25(34)24(26(35)31-4)14-18-12-21(29)16-22(30)13-18/h5-7,12-13,15-16,23-25,32,34H,8-11,14,17H2,1-4H3,(H,31,35). The number of aliphatic hydroxyl groups is 1. The number of nitrogens with one attached hydrogen (secondary N) is 2. The first-order valence-electron chi connectivity index (χ1n) is 12.5. The van der Waals surface area contributed by atoms with Gasteiger partial charge >= 0.3 is 0 Å². The number of carbonyl (C=O) groups is 1. The number of nitrogens with zero attached hydrogens (tertiary/aromatic N) is 1. The number of benzene rings is 2. The first-order valence-corrected chi connectivity index (χ1v) is 12.5. The highest BCUT2D eigenvalue weighted by molar-refractivity contribution is 5.79. The molecule has 0 saturated heterocycles. The average molecular weight is 502 g/mol. The zero-order valence-electron chi connectivity index (χ0n) is 21.5. The van der Waals surface area contributed by atoms with Gasteiger partial charge in [-0.3, -0.25) is 4.79 Å². The summed E-state index contributed by atoms with van der Waals surface area (Å²) >= 11 is 0. The van der Waals surface area contributed by atoms with Gasteiger partial charge in [0.1, 0.15) is 11.6 Å². The maximum Gasteiger partial charge on any atom is 0.225 e. The minimum Gasteiger partial charge on any atom is -0.391 e. The van der Waals surface area contributed by atoms with Gasteiger partial charge in [0.25, 0.3) is 0 Å². The van der Waals surface area contributed by atoms with Crippen LogP contribution in [0.1, 0.15) is 63.1 Å². The second-order valence-corrected chi connectivity index (χ2v) is 10.9. The number of carbonyl (C=O) groups excluding carboxylic acids is 1. The van der Waals surface area contributed by atoms with E-state index in [1.54, 1.807) is 0 Å². The molecule has 0 aliphatic heterocycles. The number of aliphatic hydroxyl groups excluding tert-OH is 1. The van der Waals surface area contributed by atoms with Crippen LogP contribution >= 0.6 is 0 Å². The van der Waals surface area contributed by atoms with Crippen molar-refractivity contribution in [3.05, 3.63) is 75.7 Å². The first kappa shape index (κ1) is 27.9. The van der Waals surface area contributed by atoms with E-state index in [0.29, 0.717) is 31.2 Å². The van der Waals surface area contributed by atoms with E-state index in [1.807, 2.05) is 6.07 Å². The van der Waals surface area contributed by atoms with Gasteiger partial charge in [-0.1, -0.05) is 50.2 Å². The first-order chi connectivity index (χ1) is 17.0. The van der Waals surface area contributed by atoms with Crippen LogP contribution in [0.15, 0.2) is 47.6 Å². The SMILES string of the molecule is CNC(=O)C(Cc1cc(F)cc(F)c1)C(O)CNC1(c2cccc(C(C)(C)C)c2)CCC(N=O)CC1. The maximum atomic E-state index is 13.7. The van der Waals surface area contributed by atoms with E-state index in [4.69, 9.17) is 0 Å². The molecule has 2 aromatic carbocycles. The smallest absolute Gasteiger partial charge is 0.225 e. The molecule has 36 heavy (non-hydrogen) atoms. The third-order valence-corrected chi connectivity index (χ3v) is 7.31. The molecule has 1 aliphatic rings. The summed E-state index contributed by atoms with van der Waals surface area (Å²) in [6.45, 7) is 6.53. The molecule has 3 rings (SSSR count). The van der Waals surface area contributed by atoms with E-state index in [0.717, 1.165) is 11.6 Å². The number of halogens is 2. The van der Waals surface area contributed by atoms with Gasteiger partial charge in [-0.2, -0.15) is 4.91 Å². The predicted octanol–water partition coefficient (Wildman–Crippen LogP) is 4.72. The van der Waals surface area contributed by atoms with E-state index >= 15 is 0 Å². The summed E-state index contributed by atoms with van der Waals surface area (Å²) in [6.07, 6.45) is 1.43. The van der Waals surface area contributed by atoms with Crippen LogP contribution in [-0.4, -0.2) is 36.8 Å². The largest absolute Gasteiger partial charge is 0.391 e. The Morgan fingerprint density at radius 3 is 2.33 bits per heavy atom. The quantitative estimate of drug-likeness (QED) is 0.434. The lowest BCUT2D eigenvalue weighted by molar-refractivity contribution is -0.128. The predicted molar refractivity (Wildman–Crippen MR) is 136 cm³/mol. The fourth-order valence-electron chi connectivity index (χ4n) is 5.07. The molecule has 0 radical (unpaired) electrons. The Hall–Kier alpha value is -2.71. The summed E-state index contributed by atoms with van der Waals surface area (Å²) in [5.74, 6) is -2.78. The number of nitroso groups, excluding NO2 is 1. The zero-order valence-corrected chi connectivity index (χ0v) is 21.5. The molecule has 196 valence electrons. The van der Waals surface area contributed by atoms with Crippen molar-refractivity contribution in [2.75, 3.05) is 13.6 Å². The van der Waals surface area contributed by atoms with Gasteiger partial charge in [-0.05, 0) is 66.3 Å². The molecule has 1 amide bonds. The van der Waals surface area contributed by atoms with Crippen LogP contribution in [-0.2, 0) is 22.2 Å². The fourth-order valence-corrected chi connectivity index (χ4v) is 5.07. The molecule has 2 aromatic rings. The van der Waals surface area contributed by atoms with Gasteiger partial charge in [0.15, 0.2) is 0 Å². The molecule has 2 atom stereocenters. The van der Waals surface area contributed by atoms with Crippen LogP contribution in [0.2, 0.25) is 0 Å². The van der Waals surface area contributed by atoms with Crippen molar-refractivity contribution < 1.29 is 18.7 Å². The fraction of sp³-hybridized carbons (Fsp3) is 0.536. The molecule has 8 heteroatoms. The maximum absolute atomic E-state index is 13.7. The highest BCUT2D eigenvalue weighted by Gasteiger charge is 2.39. The molecule has 0 aromatic heterocycles. The molecule has 0 heterocycles. The van der Waals surface area contributed by atoms with Crippen molar-refractivity contribution in [3.63, 3.8) is 0 Å². The van der Waals surface area contributed by atoms with Crippen LogP contribution in [0, 0.1) is 22.5 Å². The van der Waals surface area contributed by atoms with Gasteiger partial charge in [0.05, 0.1) is 18.1 Å². The highest BCUT2D eigenvalue weighted by atomic mass is 19.1. The third kappa shape index (κ3) is 6.73. The second kappa shape index (κ2) is 11.6. The summed E-state index contributed by atoms with van der Waals surface area (Å²) in [4.78, 5) is 23.8. The second-order valence-electron chi connectivity index (χ2n) is 10.9.